The van der Waals surface area contributed by atoms with E-state index in [2.05, 4.69) is 33.7 Å². The Labute approximate surface area is 180 Å². The van der Waals surface area contributed by atoms with Gasteiger partial charge in [-0.25, -0.2) is 4.39 Å². The Kier molecular flexibility index (Phi) is 4.99. The second-order valence-corrected chi connectivity index (χ2v) is 8.91. The first kappa shape index (κ1) is 19.5. The topological polar surface area (TPSA) is 52.0 Å². The number of benzene rings is 2. The normalized spacial score (nSPS) is 23.4. The molecule has 2 aromatic carbocycles. The van der Waals surface area contributed by atoms with Crippen LogP contribution < -0.4 is 10.1 Å². The lowest BCUT2D eigenvalue weighted by Gasteiger charge is -2.36. The van der Waals surface area contributed by atoms with Crippen molar-refractivity contribution >= 4 is 11.6 Å². The quantitative estimate of drug-likeness (QED) is 0.610. The molecule has 0 atom stereocenters. The van der Waals surface area contributed by atoms with E-state index in [1.807, 2.05) is 4.57 Å². The van der Waals surface area contributed by atoms with Crippen LogP contribution in [0.4, 0.5) is 4.39 Å². The predicted molar refractivity (Wildman–Crippen MR) is 114 cm³/mol. The minimum atomic E-state index is -0.408. The molecular formula is C23H24ClFN4O. The highest BCUT2D eigenvalue weighted by molar-refractivity contribution is 6.24. The fourth-order valence-electron chi connectivity index (χ4n) is 4.83. The van der Waals surface area contributed by atoms with Crippen molar-refractivity contribution in [1.82, 2.24) is 20.1 Å². The number of nitrogens with zero attached hydrogens (tertiary/aromatic N) is 3. The molecule has 1 N–H and O–H groups in total. The SMILES string of the molecule is COc1ccc(F)cc1C1CCC(Cl)(c2ccc3c(c2)CNCc2nncn2-3)CC1. The number of methoxy groups -OCH3 is 1. The van der Waals surface area contributed by atoms with Crippen molar-refractivity contribution in [3.8, 4) is 11.4 Å². The highest BCUT2D eigenvalue weighted by Gasteiger charge is 2.37. The van der Waals surface area contributed by atoms with Crippen LogP contribution in [0.15, 0.2) is 42.7 Å². The summed E-state index contributed by atoms with van der Waals surface area (Å²) in [6, 6.07) is 11.2. The minimum Gasteiger partial charge on any atom is -0.496 e. The third-order valence-corrected chi connectivity index (χ3v) is 7.08. The van der Waals surface area contributed by atoms with Gasteiger partial charge >= 0.3 is 0 Å². The number of ether oxygens (including phenoxy) is 1. The van der Waals surface area contributed by atoms with E-state index in [9.17, 15) is 4.39 Å². The Bertz CT molecular complexity index is 1070. The van der Waals surface area contributed by atoms with Crippen LogP contribution in [0.5, 0.6) is 5.75 Å². The molecule has 0 amide bonds. The fraction of sp³-hybridized carbons (Fsp3) is 0.391. The number of hydrogen-bond donors (Lipinski definition) is 1. The average Bonchev–Trinajstić information content (AvgIpc) is 3.15. The minimum absolute atomic E-state index is 0.222. The molecule has 1 aliphatic heterocycles. The van der Waals surface area contributed by atoms with Crippen molar-refractivity contribution in [3.05, 3.63) is 71.1 Å². The second-order valence-electron chi connectivity index (χ2n) is 8.19. The molecule has 1 aliphatic carbocycles. The van der Waals surface area contributed by atoms with Gasteiger partial charge < -0.3 is 10.1 Å². The van der Waals surface area contributed by atoms with Crippen molar-refractivity contribution in [2.45, 2.75) is 49.6 Å². The maximum absolute atomic E-state index is 13.8. The Hall–Kier alpha value is -2.44. The first-order chi connectivity index (χ1) is 14.6. The van der Waals surface area contributed by atoms with Gasteiger partial charge in [-0.2, -0.15) is 0 Å². The first-order valence-electron chi connectivity index (χ1n) is 10.3. The molecule has 2 heterocycles. The van der Waals surface area contributed by atoms with Crippen LogP contribution in [0.2, 0.25) is 0 Å². The van der Waals surface area contributed by atoms with E-state index in [1.165, 1.54) is 11.6 Å². The highest BCUT2D eigenvalue weighted by atomic mass is 35.5. The molecule has 7 heteroatoms. The van der Waals surface area contributed by atoms with Crippen LogP contribution in [-0.2, 0) is 18.0 Å². The number of hydrogen-bond acceptors (Lipinski definition) is 4. The summed E-state index contributed by atoms with van der Waals surface area (Å²) >= 11 is 7.16. The van der Waals surface area contributed by atoms with E-state index in [0.717, 1.165) is 60.6 Å². The molecule has 0 bridgehead atoms. The Morgan fingerprint density at radius 1 is 1.17 bits per heavy atom. The lowest BCUT2D eigenvalue weighted by molar-refractivity contribution is 0.344. The number of halogens is 2. The highest BCUT2D eigenvalue weighted by Crippen LogP contribution is 2.49. The Morgan fingerprint density at radius 3 is 2.80 bits per heavy atom. The number of alkyl halides is 1. The van der Waals surface area contributed by atoms with E-state index in [1.54, 1.807) is 25.6 Å². The molecule has 3 aromatic rings. The third kappa shape index (κ3) is 3.38. The monoisotopic (exact) mass is 426 g/mol. The first-order valence-corrected chi connectivity index (χ1v) is 10.7. The van der Waals surface area contributed by atoms with Gasteiger partial charge in [0.25, 0.3) is 0 Å². The molecule has 2 aliphatic rings. The Morgan fingerprint density at radius 2 is 2.00 bits per heavy atom. The molecule has 5 nitrogen and oxygen atoms in total. The van der Waals surface area contributed by atoms with Gasteiger partial charge in [0, 0.05) is 12.1 Å². The maximum atomic E-state index is 13.8. The summed E-state index contributed by atoms with van der Waals surface area (Å²) in [6.07, 6.45) is 5.23. The van der Waals surface area contributed by atoms with Gasteiger partial charge in [-0.1, -0.05) is 12.1 Å². The molecular weight excluding hydrogens is 403 g/mol. The maximum Gasteiger partial charge on any atom is 0.151 e. The van der Waals surface area contributed by atoms with E-state index < -0.39 is 4.87 Å². The summed E-state index contributed by atoms with van der Waals surface area (Å²) in [4.78, 5) is -0.408. The number of nitrogens with one attached hydrogen (secondary N) is 1. The van der Waals surface area contributed by atoms with Crippen molar-refractivity contribution in [2.75, 3.05) is 7.11 Å². The van der Waals surface area contributed by atoms with Gasteiger partial charge in [0.15, 0.2) is 5.82 Å². The van der Waals surface area contributed by atoms with Gasteiger partial charge in [0.1, 0.15) is 17.9 Å². The smallest absolute Gasteiger partial charge is 0.151 e. The van der Waals surface area contributed by atoms with Gasteiger partial charge in [0.05, 0.1) is 24.2 Å². The lowest BCUT2D eigenvalue weighted by Crippen LogP contribution is -2.26. The molecule has 0 unspecified atom stereocenters. The summed E-state index contributed by atoms with van der Waals surface area (Å²) in [5, 5.41) is 11.6. The fourth-order valence-corrected chi connectivity index (χ4v) is 5.17. The predicted octanol–water partition coefficient (Wildman–Crippen LogP) is 4.81. The molecule has 0 spiro atoms. The van der Waals surface area contributed by atoms with Crippen LogP contribution >= 0.6 is 11.6 Å². The Balaban J connectivity index is 1.39. The summed E-state index contributed by atoms with van der Waals surface area (Å²) in [6.45, 7) is 1.45. The standard InChI is InChI=1S/C23H24ClFN4O/c1-30-21-5-3-18(25)11-19(21)15-6-8-23(24,9-7-15)17-2-4-20-16(10-17)12-26-13-22-28-27-14-29(20)22/h2-5,10-11,14-15,26H,6-9,12-13H2,1H3. The lowest BCUT2D eigenvalue weighted by atomic mass is 9.75. The van der Waals surface area contributed by atoms with Gasteiger partial charge in [-0.3, -0.25) is 4.57 Å². The number of rotatable bonds is 3. The average molecular weight is 427 g/mol. The van der Waals surface area contributed by atoms with Gasteiger partial charge in [0.2, 0.25) is 0 Å². The van der Waals surface area contributed by atoms with Crippen LogP contribution in [-0.4, -0.2) is 21.9 Å². The van der Waals surface area contributed by atoms with E-state index in [0.29, 0.717) is 6.54 Å². The zero-order chi connectivity index (χ0) is 20.7. The van der Waals surface area contributed by atoms with E-state index in [-0.39, 0.29) is 11.7 Å². The zero-order valence-corrected chi connectivity index (χ0v) is 17.6. The number of aromatic nitrogens is 3. The van der Waals surface area contributed by atoms with Crippen molar-refractivity contribution < 1.29 is 9.13 Å². The summed E-state index contributed by atoms with van der Waals surface area (Å²) in [5.74, 6) is 1.70. The van der Waals surface area contributed by atoms with Crippen molar-refractivity contribution in [3.63, 3.8) is 0 Å². The van der Waals surface area contributed by atoms with Crippen molar-refractivity contribution in [1.29, 1.82) is 0 Å². The van der Waals surface area contributed by atoms with Crippen LogP contribution in [0.1, 0.15) is 54.1 Å². The van der Waals surface area contributed by atoms with E-state index in [4.69, 9.17) is 16.3 Å². The molecule has 1 saturated carbocycles. The van der Waals surface area contributed by atoms with Gasteiger partial charge in [-0.05, 0) is 67.0 Å². The number of fused-ring (bicyclic) bond motifs is 3. The van der Waals surface area contributed by atoms with Gasteiger partial charge in [-0.15, -0.1) is 21.8 Å². The molecule has 30 heavy (non-hydrogen) atoms. The van der Waals surface area contributed by atoms with E-state index >= 15 is 0 Å². The molecule has 5 rings (SSSR count). The zero-order valence-electron chi connectivity index (χ0n) is 16.9. The van der Waals surface area contributed by atoms with Crippen LogP contribution in [0.25, 0.3) is 5.69 Å². The largest absolute Gasteiger partial charge is 0.496 e. The molecule has 156 valence electrons. The molecule has 1 aromatic heterocycles. The summed E-state index contributed by atoms with van der Waals surface area (Å²) < 4.78 is 21.3. The van der Waals surface area contributed by atoms with Crippen LogP contribution in [0.3, 0.4) is 0 Å². The van der Waals surface area contributed by atoms with Crippen LogP contribution in [0, 0.1) is 5.82 Å². The molecule has 0 radical (unpaired) electrons. The molecule has 0 saturated heterocycles. The molecule has 1 fully saturated rings. The second kappa shape index (κ2) is 7.67. The summed E-state index contributed by atoms with van der Waals surface area (Å²) in [5.41, 5.74) is 4.38. The van der Waals surface area contributed by atoms with Crippen molar-refractivity contribution in [2.24, 2.45) is 0 Å². The summed E-state index contributed by atoms with van der Waals surface area (Å²) in [7, 11) is 1.64. The third-order valence-electron chi connectivity index (χ3n) is 6.48.